The Balaban J connectivity index is 4.86. The number of unbranched alkanes of at least 4 members (excludes halogenated alkanes) is 1. The van der Waals surface area contributed by atoms with Crippen LogP contribution in [0.3, 0.4) is 0 Å². The van der Waals surface area contributed by atoms with Gasteiger partial charge in [-0.1, -0.05) is 13.2 Å². The standard InChI is InChI=1S/C23H39N3O11S/c1-17(2)20(27)34-12-9-24-22(29)36-16-19(15-26(5,6)11-7-8-14-38(31,32)33)37-23(30)25-10-13-35-21(28)18(3)4/h19H,1,3,7-16H2,2,4-6H3,(H2-,24,25,29,30,31,32,33)/p+1. The molecule has 0 bridgehead atoms. The zero-order valence-electron chi connectivity index (χ0n) is 22.4. The molecule has 15 heteroatoms. The van der Waals surface area contributed by atoms with E-state index in [1.807, 2.05) is 14.1 Å². The van der Waals surface area contributed by atoms with E-state index in [2.05, 4.69) is 23.8 Å². The summed E-state index contributed by atoms with van der Waals surface area (Å²) in [5.41, 5.74) is 0.437. The number of carbonyl (C=O) groups excluding carboxylic acids is 4. The number of nitrogens with zero attached hydrogens (tertiary/aromatic N) is 1. The van der Waals surface area contributed by atoms with Gasteiger partial charge in [0.15, 0.2) is 6.10 Å². The lowest BCUT2D eigenvalue weighted by Gasteiger charge is -2.33. The lowest BCUT2D eigenvalue weighted by molar-refractivity contribution is -0.893. The van der Waals surface area contributed by atoms with Crippen molar-refractivity contribution in [3.63, 3.8) is 0 Å². The fraction of sp³-hybridized carbons (Fsp3) is 0.652. The van der Waals surface area contributed by atoms with Crippen LogP contribution in [0.25, 0.3) is 0 Å². The number of ether oxygens (including phenoxy) is 4. The first kappa shape index (κ1) is 34.8. The molecular formula is C23H40N3O11S+. The zero-order chi connectivity index (χ0) is 29.4. The van der Waals surface area contributed by atoms with Crippen molar-refractivity contribution in [3.8, 4) is 0 Å². The van der Waals surface area contributed by atoms with Crippen molar-refractivity contribution in [2.24, 2.45) is 0 Å². The van der Waals surface area contributed by atoms with Gasteiger partial charge < -0.3 is 34.1 Å². The minimum Gasteiger partial charge on any atom is -0.460 e. The lowest BCUT2D eigenvalue weighted by atomic mass is 10.2. The Morgan fingerprint density at radius 2 is 1.37 bits per heavy atom. The second-order valence-electron chi connectivity index (χ2n) is 9.15. The molecule has 0 rings (SSSR count). The number of hydrogen-bond acceptors (Lipinski definition) is 10. The van der Waals surface area contributed by atoms with E-state index in [1.165, 1.54) is 13.8 Å². The molecule has 0 aromatic carbocycles. The Kier molecular flexibility index (Phi) is 15.9. The van der Waals surface area contributed by atoms with Crippen LogP contribution < -0.4 is 10.6 Å². The highest BCUT2D eigenvalue weighted by Gasteiger charge is 2.27. The molecule has 2 amide bonds. The van der Waals surface area contributed by atoms with Crippen LogP contribution in [0.5, 0.6) is 0 Å². The Labute approximate surface area is 223 Å². The van der Waals surface area contributed by atoms with Crippen molar-refractivity contribution >= 4 is 34.2 Å². The van der Waals surface area contributed by atoms with E-state index in [1.54, 1.807) is 0 Å². The van der Waals surface area contributed by atoms with Gasteiger partial charge in [-0.25, -0.2) is 19.2 Å². The monoisotopic (exact) mass is 566 g/mol. The maximum absolute atomic E-state index is 12.3. The van der Waals surface area contributed by atoms with E-state index in [0.717, 1.165) is 0 Å². The number of quaternary nitrogens is 1. The van der Waals surface area contributed by atoms with Gasteiger partial charge in [-0.3, -0.25) is 4.55 Å². The zero-order valence-corrected chi connectivity index (χ0v) is 23.3. The maximum atomic E-state index is 12.3. The van der Waals surface area contributed by atoms with Crippen LogP contribution in [-0.4, -0.2) is 114 Å². The van der Waals surface area contributed by atoms with Gasteiger partial charge in [0, 0.05) is 11.1 Å². The van der Waals surface area contributed by atoms with E-state index in [0.29, 0.717) is 13.0 Å². The molecule has 0 aliphatic rings. The second kappa shape index (κ2) is 17.4. The molecule has 0 heterocycles. The molecule has 0 aliphatic carbocycles. The molecule has 0 aromatic heterocycles. The van der Waals surface area contributed by atoms with Crippen LogP contribution in [0.4, 0.5) is 9.59 Å². The van der Waals surface area contributed by atoms with Crippen LogP contribution in [0.1, 0.15) is 26.7 Å². The molecule has 0 fully saturated rings. The molecule has 38 heavy (non-hydrogen) atoms. The maximum Gasteiger partial charge on any atom is 0.407 e. The normalized spacial score (nSPS) is 12.0. The van der Waals surface area contributed by atoms with Crippen LogP contribution >= 0.6 is 0 Å². The topological polar surface area (TPSA) is 184 Å². The van der Waals surface area contributed by atoms with E-state index < -0.39 is 40.3 Å². The van der Waals surface area contributed by atoms with Crippen molar-refractivity contribution in [1.29, 1.82) is 0 Å². The predicted octanol–water partition coefficient (Wildman–Crippen LogP) is 0.790. The highest BCUT2D eigenvalue weighted by atomic mass is 32.2. The van der Waals surface area contributed by atoms with Crippen LogP contribution in [0.2, 0.25) is 0 Å². The highest BCUT2D eigenvalue weighted by molar-refractivity contribution is 7.85. The summed E-state index contributed by atoms with van der Waals surface area (Å²) in [5, 5.41) is 4.83. The Hall–Kier alpha value is -3.17. The third kappa shape index (κ3) is 19.0. The molecule has 1 unspecified atom stereocenters. The van der Waals surface area contributed by atoms with Gasteiger partial charge >= 0.3 is 24.1 Å². The quantitative estimate of drug-likeness (QED) is 0.0532. The minimum absolute atomic E-state index is 0.0118. The number of rotatable bonds is 18. The molecular weight excluding hydrogens is 526 g/mol. The second-order valence-corrected chi connectivity index (χ2v) is 10.7. The summed E-state index contributed by atoms with van der Waals surface area (Å²) < 4.78 is 51.3. The molecule has 1 atom stereocenters. The van der Waals surface area contributed by atoms with Gasteiger partial charge in [-0.2, -0.15) is 8.42 Å². The molecule has 0 aromatic rings. The molecule has 0 saturated carbocycles. The Bertz CT molecular complexity index is 948. The summed E-state index contributed by atoms with van der Waals surface area (Å²) in [5.74, 6) is -1.55. The van der Waals surface area contributed by atoms with E-state index >= 15 is 0 Å². The fourth-order valence-corrected chi connectivity index (χ4v) is 3.41. The minimum atomic E-state index is -4.06. The first-order valence-corrected chi connectivity index (χ1v) is 13.4. The summed E-state index contributed by atoms with van der Waals surface area (Å²) in [4.78, 5) is 47.0. The van der Waals surface area contributed by atoms with Crippen LogP contribution in [-0.2, 0) is 38.7 Å². The van der Waals surface area contributed by atoms with Crippen molar-refractivity contribution in [2.45, 2.75) is 32.8 Å². The van der Waals surface area contributed by atoms with Crippen LogP contribution in [0.15, 0.2) is 24.3 Å². The van der Waals surface area contributed by atoms with Gasteiger partial charge in [-0.05, 0) is 26.7 Å². The summed E-state index contributed by atoms with van der Waals surface area (Å²) in [7, 11) is -0.428. The molecule has 14 nitrogen and oxygen atoms in total. The van der Waals surface area contributed by atoms with Gasteiger partial charge in [0.1, 0.15) is 26.4 Å². The van der Waals surface area contributed by atoms with Crippen molar-refractivity contribution in [1.82, 2.24) is 10.6 Å². The first-order chi connectivity index (χ1) is 17.5. The molecule has 3 N–H and O–H groups in total. The third-order valence-corrected chi connectivity index (χ3v) is 5.50. The average molecular weight is 567 g/mol. The number of likely N-dealkylation sites (N-methyl/N-ethyl adjacent to an activating group) is 1. The van der Waals surface area contributed by atoms with Crippen LogP contribution in [0, 0.1) is 0 Å². The summed E-state index contributed by atoms with van der Waals surface area (Å²) in [6.45, 7) is 10.0. The molecule has 0 saturated heterocycles. The smallest absolute Gasteiger partial charge is 0.407 e. The molecule has 0 aliphatic heterocycles. The molecule has 0 radical (unpaired) electrons. The Morgan fingerprint density at radius 3 is 1.84 bits per heavy atom. The number of carbonyl (C=O) groups is 4. The highest BCUT2D eigenvalue weighted by Crippen LogP contribution is 2.08. The summed E-state index contributed by atoms with van der Waals surface area (Å²) in [6, 6.07) is 0. The molecule has 218 valence electrons. The predicted molar refractivity (Wildman–Crippen MR) is 137 cm³/mol. The average Bonchev–Trinajstić information content (AvgIpc) is 2.79. The van der Waals surface area contributed by atoms with Crippen molar-refractivity contribution in [2.75, 3.05) is 65.8 Å². The van der Waals surface area contributed by atoms with Gasteiger partial charge in [0.25, 0.3) is 10.1 Å². The SMILES string of the molecule is C=C(C)C(=O)OCCNC(=O)OCC(C[N+](C)(C)CCCCS(=O)(=O)O)OC(=O)NCCOC(=O)C(=C)C. The largest absolute Gasteiger partial charge is 0.460 e. The number of hydrogen-bond donors (Lipinski definition) is 3. The van der Waals surface area contributed by atoms with Gasteiger partial charge in [0.2, 0.25) is 0 Å². The first-order valence-electron chi connectivity index (χ1n) is 11.8. The number of nitrogens with one attached hydrogen (secondary N) is 2. The molecule has 0 spiro atoms. The summed E-state index contributed by atoms with van der Waals surface area (Å²) in [6.07, 6.45) is -1.84. The van der Waals surface area contributed by atoms with Gasteiger partial charge in [-0.15, -0.1) is 0 Å². The number of alkyl carbamates (subject to hydrolysis) is 2. The van der Waals surface area contributed by atoms with Gasteiger partial charge in [0.05, 0.1) is 39.5 Å². The van der Waals surface area contributed by atoms with E-state index in [-0.39, 0.29) is 67.3 Å². The lowest BCUT2D eigenvalue weighted by Crippen LogP contribution is -2.49. The van der Waals surface area contributed by atoms with Crippen molar-refractivity contribution < 1.29 is 55.6 Å². The van der Waals surface area contributed by atoms with E-state index in [9.17, 15) is 27.6 Å². The van der Waals surface area contributed by atoms with E-state index in [4.69, 9.17) is 23.5 Å². The third-order valence-electron chi connectivity index (χ3n) is 4.69. The number of amides is 2. The fourth-order valence-electron chi connectivity index (χ4n) is 2.84. The number of esters is 2. The Morgan fingerprint density at radius 1 is 0.868 bits per heavy atom. The van der Waals surface area contributed by atoms with Crippen molar-refractivity contribution in [3.05, 3.63) is 24.3 Å². The summed E-state index contributed by atoms with van der Waals surface area (Å²) >= 11 is 0.